The van der Waals surface area contributed by atoms with E-state index in [-0.39, 0.29) is 5.91 Å². The molecule has 1 aliphatic rings. The van der Waals surface area contributed by atoms with E-state index in [1.165, 1.54) is 12.8 Å². The Morgan fingerprint density at radius 1 is 1.71 bits per heavy atom. The first kappa shape index (κ1) is 12.6. The number of amides is 1. The van der Waals surface area contributed by atoms with Gasteiger partial charge in [0, 0.05) is 11.8 Å². The average Bonchev–Trinajstić information content (AvgIpc) is 2.82. The fraction of sp³-hybridized carbons (Fsp3) is 0.615. The lowest BCUT2D eigenvalue weighted by molar-refractivity contribution is -0.117. The number of nitrogens with one attached hydrogen (secondary N) is 2. The predicted molar refractivity (Wildman–Crippen MR) is 72.3 cm³/mol. The van der Waals surface area contributed by atoms with Crippen LogP contribution in [0.5, 0.6) is 0 Å². The fourth-order valence-corrected chi connectivity index (χ4v) is 2.96. The summed E-state index contributed by atoms with van der Waals surface area (Å²) in [6, 6.07) is 1.94. The molecule has 94 valence electrons. The molecule has 1 amide bonds. The minimum atomic E-state index is 0.140. The number of carbonyl (C=O) groups is 1. The van der Waals surface area contributed by atoms with Crippen molar-refractivity contribution in [2.75, 3.05) is 18.4 Å². The van der Waals surface area contributed by atoms with Gasteiger partial charge in [-0.25, -0.2) is 0 Å². The molecular weight excluding hydrogens is 232 g/mol. The maximum Gasteiger partial charge on any atom is 0.224 e. The van der Waals surface area contributed by atoms with E-state index in [0.717, 1.165) is 18.8 Å². The standard InChI is InChI=1S/C13H20N2OS/c1-10(11-3-2-5-14-8-11)7-13(16)15-12-4-6-17-9-12/h4,6,9-11,14H,2-3,5,7-8H2,1H3,(H,15,16). The lowest BCUT2D eigenvalue weighted by Crippen LogP contribution is -2.34. The monoisotopic (exact) mass is 252 g/mol. The second-order valence-corrected chi connectivity index (χ2v) is 5.63. The number of anilines is 1. The van der Waals surface area contributed by atoms with Gasteiger partial charge < -0.3 is 10.6 Å². The summed E-state index contributed by atoms with van der Waals surface area (Å²) in [5, 5.41) is 10.3. The molecule has 0 radical (unpaired) electrons. The van der Waals surface area contributed by atoms with Gasteiger partial charge in [0.05, 0.1) is 5.69 Å². The summed E-state index contributed by atoms with van der Waals surface area (Å²) in [6.07, 6.45) is 3.11. The van der Waals surface area contributed by atoms with Crippen molar-refractivity contribution in [2.45, 2.75) is 26.2 Å². The molecular formula is C13H20N2OS. The Bertz CT molecular complexity index is 344. The van der Waals surface area contributed by atoms with Crippen LogP contribution in [0.3, 0.4) is 0 Å². The van der Waals surface area contributed by atoms with Gasteiger partial charge in [0.1, 0.15) is 0 Å². The number of thiophene rings is 1. The maximum atomic E-state index is 11.8. The molecule has 0 bridgehead atoms. The molecule has 2 N–H and O–H groups in total. The summed E-state index contributed by atoms with van der Waals surface area (Å²) < 4.78 is 0. The van der Waals surface area contributed by atoms with Crippen molar-refractivity contribution in [3.8, 4) is 0 Å². The van der Waals surface area contributed by atoms with Crippen LogP contribution in [0.25, 0.3) is 0 Å². The zero-order chi connectivity index (χ0) is 12.1. The summed E-state index contributed by atoms with van der Waals surface area (Å²) in [4.78, 5) is 11.8. The summed E-state index contributed by atoms with van der Waals surface area (Å²) in [7, 11) is 0. The van der Waals surface area contributed by atoms with Crippen LogP contribution in [-0.2, 0) is 4.79 Å². The molecule has 2 atom stereocenters. The molecule has 2 rings (SSSR count). The number of carbonyl (C=O) groups excluding carboxylic acids is 1. The first-order valence-corrected chi connectivity index (χ1v) is 7.23. The normalized spacial score (nSPS) is 22.1. The van der Waals surface area contributed by atoms with E-state index in [2.05, 4.69) is 17.6 Å². The van der Waals surface area contributed by atoms with Gasteiger partial charge in [-0.2, -0.15) is 11.3 Å². The summed E-state index contributed by atoms with van der Waals surface area (Å²) in [5.41, 5.74) is 0.925. The molecule has 17 heavy (non-hydrogen) atoms. The molecule has 4 heteroatoms. The third-order valence-electron chi connectivity index (χ3n) is 3.45. The second-order valence-electron chi connectivity index (χ2n) is 4.85. The highest BCUT2D eigenvalue weighted by molar-refractivity contribution is 7.08. The van der Waals surface area contributed by atoms with Crippen LogP contribution in [0.4, 0.5) is 5.69 Å². The van der Waals surface area contributed by atoms with Crippen LogP contribution < -0.4 is 10.6 Å². The highest BCUT2D eigenvalue weighted by Crippen LogP contribution is 2.23. The molecule has 1 aromatic rings. The van der Waals surface area contributed by atoms with E-state index in [0.29, 0.717) is 18.3 Å². The molecule has 0 saturated carbocycles. The van der Waals surface area contributed by atoms with Crippen molar-refractivity contribution in [1.29, 1.82) is 0 Å². The van der Waals surface area contributed by atoms with Crippen LogP contribution in [0.1, 0.15) is 26.2 Å². The molecule has 2 heterocycles. The largest absolute Gasteiger partial charge is 0.325 e. The van der Waals surface area contributed by atoms with Crippen LogP contribution >= 0.6 is 11.3 Å². The Kier molecular flexibility index (Phi) is 4.57. The van der Waals surface area contributed by atoms with Crippen molar-refractivity contribution < 1.29 is 4.79 Å². The van der Waals surface area contributed by atoms with E-state index >= 15 is 0 Å². The van der Waals surface area contributed by atoms with Crippen molar-refractivity contribution in [2.24, 2.45) is 11.8 Å². The molecule has 1 aliphatic heterocycles. The van der Waals surface area contributed by atoms with Crippen LogP contribution in [0.15, 0.2) is 16.8 Å². The Hall–Kier alpha value is -0.870. The van der Waals surface area contributed by atoms with Crippen molar-refractivity contribution in [1.82, 2.24) is 5.32 Å². The SMILES string of the molecule is CC(CC(=O)Nc1ccsc1)C1CCCNC1. The molecule has 1 saturated heterocycles. The number of piperidine rings is 1. The number of hydrogen-bond donors (Lipinski definition) is 2. The third kappa shape index (κ3) is 3.82. The fourth-order valence-electron chi connectivity index (χ4n) is 2.37. The molecule has 3 nitrogen and oxygen atoms in total. The van der Waals surface area contributed by atoms with Crippen LogP contribution in [0.2, 0.25) is 0 Å². The lowest BCUT2D eigenvalue weighted by Gasteiger charge is -2.27. The summed E-state index contributed by atoms with van der Waals surface area (Å²) in [6.45, 7) is 4.38. The molecule has 1 aromatic heterocycles. The van der Waals surface area contributed by atoms with Gasteiger partial charge in [0.25, 0.3) is 0 Å². The van der Waals surface area contributed by atoms with Gasteiger partial charge in [0.15, 0.2) is 0 Å². The highest BCUT2D eigenvalue weighted by atomic mass is 32.1. The van der Waals surface area contributed by atoms with Crippen molar-refractivity contribution in [3.05, 3.63) is 16.8 Å². The van der Waals surface area contributed by atoms with Gasteiger partial charge in [0.2, 0.25) is 5.91 Å². The smallest absolute Gasteiger partial charge is 0.224 e. The zero-order valence-electron chi connectivity index (χ0n) is 10.2. The zero-order valence-corrected chi connectivity index (χ0v) is 11.1. The minimum Gasteiger partial charge on any atom is -0.325 e. The molecule has 0 aromatic carbocycles. The summed E-state index contributed by atoms with van der Waals surface area (Å²) in [5.74, 6) is 1.25. The minimum absolute atomic E-state index is 0.140. The Labute approximate surface area is 107 Å². The second kappa shape index (κ2) is 6.17. The first-order chi connectivity index (χ1) is 8.25. The molecule has 0 aliphatic carbocycles. The number of hydrogen-bond acceptors (Lipinski definition) is 3. The maximum absolute atomic E-state index is 11.8. The Balaban J connectivity index is 1.77. The molecule has 0 spiro atoms. The first-order valence-electron chi connectivity index (χ1n) is 6.28. The van der Waals surface area contributed by atoms with Gasteiger partial charge in [-0.1, -0.05) is 6.92 Å². The van der Waals surface area contributed by atoms with E-state index in [1.807, 2.05) is 16.8 Å². The lowest BCUT2D eigenvalue weighted by atomic mass is 9.85. The van der Waals surface area contributed by atoms with Crippen molar-refractivity contribution in [3.63, 3.8) is 0 Å². The Morgan fingerprint density at radius 2 is 2.59 bits per heavy atom. The van der Waals surface area contributed by atoms with Gasteiger partial charge >= 0.3 is 0 Å². The number of rotatable bonds is 4. The molecule has 2 unspecified atom stereocenters. The average molecular weight is 252 g/mol. The van der Waals surface area contributed by atoms with E-state index in [9.17, 15) is 4.79 Å². The quantitative estimate of drug-likeness (QED) is 0.865. The van der Waals surface area contributed by atoms with Crippen molar-refractivity contribution >= 4 is 22.9 Å². The van der Waals surface area contributed by atoms with E-state index in [1.54, 1.807) is 11.3 Å². The topological polar surface area (TPSA) is 41.1 Å². The van der Waals surface area contributed by atoms with E-state index in [4.69, 9.17) is 0 Å². The highest BCUT2D eigenvalue weighted by Gasteiger charge is 2.21. The van der Waals surface area contributed by atoms with E-state index < -0.39 is 0 Å². The predicted octanol–water partition coefficient (Wildman–Crippen LogP) is 2.71. The van der Waals surface area contributed by atoms with Gasteiger partial charge in [-0.05, 0) is 49.2 Å². The molecule has 1 fully saturated rings. The van der Waals surface area contributed by atoms with Crippen LogP contribution in [-0.4, -0.2) is 19.0 Å². The van der Waals surface area contributed by atoms with Crippen LogP contribution in [0, 0.1) is 11.8 Å². The Morgan fingerprint density at radius 3 is 3.24 bits per heavy atom. The summed E-state index contributed by atoms with van der Waals surface area (Å²) >= 11 is 1.60. The van der Waals surface area contributed by atoms with Gasteiger partial charge in [-0.15, -0.1) is 0 Å². The third-order valence-corrected chi connectivity index (χ3v) is 4.14. The van der Waals surface area contributed by atoms with Gasteiger partial charge in [-0.3, -0.25) is 4.79 Å².